The van der Waals surface area contributed by atoms with Gasteiger partial charge in [0.15, 0.2) is 0 Å². The fourth-order valence-electron chi connectivity index (χ4n) is 9.81. The fourth-order valence-corrected chi connectivity index (χ4v) is 10.4. The summed E-state index contributed by atoms with van der Waals surface area (Å²) in [5.74, 6) is 3.24. The van der Waals surface area contributed by atoms with E-state index in [1.807, 2.05) is 0 Å². The third-order valence-electron chi connectivity index (χ3n) is 11.5. The van der Waals surface area contributed by atoms with Gasteiger partial charge in [-0.3, -0.25) is 14.9 Å². The lowest BCUT2D eigenvalue weighted by Gasteiger charge is -2.64. The summed E-state index contributed by atoms with van der Waals surface area (Å²) in [6.07, 6.45) is 11.0. The molecule has 200 valence electrons. The molecule has 4 aliphatic carbocycles. The number of rotatable bonds is 7. The van der Waals surface area contributed by atoms with Gasteiger partial charge in [0, 0.05) is 24.7 Å². The molecule has 0 aromatic carbocycles. The minimum absolute atomic E-state index is 0.0927. The molecule has 0 aromatic rings. The number of carbonyl (C=O) groups excluding carboxylic acids is 1. The lowest BCUT2D eigenvalue weighted by atomic mass is 9.43. The number of carbonyl (C=O) groups is 1. The molecule has 0 radical (unpaired) electrons. The average molecular weight is 510 g/mol. The molecule has 35 heavy (non-hydrogen) atoms. The molecular formula is C29H48ClNO4. The Hall–Kier alpha value is -0.840. The van der Waals surface area contributed by atoms with E-state index in [9.17, 15) is 14.9 Å². The fraction of sp³-hybridized carbons (Fsp3) is 0.966. The van der Waals surface area contributed by atoms with E-state index in [0.29, 0.717) is 30.6 Å². The van der Waals surface area contributed by atoms with Crippen LogP contribution in [0.1, 0.15) is 112 Å². The van der Waals surface area contributed by atoms with Crippen LogP contribution >= 0.6 is 11.6 Å². The maximum atomic E-state index is 12.5. The average Bonchev–Trinajstić information content (AvgIpc) is 3.10. The lowest BCUT2D eigenvalue weighted by Crippen LogP contribution is -2.67. The van der Waals surface area contributed by atoms with Crippen LogP contribution in [-0.2, 0) is 9.53 Å². The smallest absolute Gasteiger partial charge is 0.302 e. The van der Waals surface area contributed by atoms with E-state index in [2.05, 4.69) is 34.6 Å². The maximum absolute atomic E-state index is 12.5. The van der Waals surface area contributed by atoms with Crippen LogP contribution in [0.2, 0.25) is 0 Å². The summed E-state index contributed by atoms with van der Waals surface area (Å²) >= 11 is 7.38. The van der Waals surface area contributed by atoms with Crippen molar-refractivity contribution in [1.82, 2.24) is 0 Å². The van der Waals surface area contributed by atoms with Crippen LogP contribution in [0.25, 0.3) is 0 Å². The van der Waals surface area contributed by atoms with Gasteiger partial charge >= 0.3 is 5.97 Å². The van der Waals surface area contributed by atoms with E-state index in [-0.39, 0.29) is 27.8 Å². The van der Waals surface area contributed by atoms with Crippen LogP contribution in [0.4, 0.5) is 0 Å². The van der Waals surface area contributed by atoms with Gasteiger partial charge in [0.05, 0.1) is 0 Å². The zero-order valence-electron chi connectivity index (χ0n) is 22.9. The zero-order valence-corrected chi connectivity index (χ0v) is 23.6. The number of esters is 1. The lowest BCUT2D eigenvalue weighted by molar-refractivity contribution is -0.543. The third kappa shape index (κ3) is 4.55. The van der Waals surface area contributed by atoms with Gasteiger partial charge in [-0.25, -0.2) is 0 Å². The number of halogens is 1. The summed E-state index contributed by atoms with van der Waals surface area (Å²) < 4.78 is 5.54. The van der Waals surface area contributed by atoms with Gasteiger partial charge in [0.1, 0.15) is 11.0 Å². The van der Waals surface area contributed by atoms with Crippen molar-refractivity contribution >= 4 is 17.6 Å². The number of fused-ring (bicyclic) bond motifs is 5. The molecule has 0 aromatic heterocycles. The number of hydrogen-bond donors (Lipinski definition) is 0. The Bertz CT molecular complexity index is 819. The van der Waals surface area contributed by atoms with Gasteiger partial charge in [-0.15, -0.1) is 11.6 Å². The minimum Gasteiger partial charge on any atom is -0.462 e. The van der Waals surface area contributed by atoms with Crippen LogP contribution < -0.4 is 0 Å². The Labute approximate surface area is 217 Å². The van der Waals surface area contributed by atoms with Gasteiger partial charge in [-0.2, -0.15) is 0 Å². The molecule has 3 unspecified atom stereocenters. The highest BCUT2D eigenvalue weighted by atomic mass is 35.5. The van der Waals surface area contributed by atoms with Gasteiger partial charge in [0.2, 0.25) is 6.04 Å². The monoisotopic (exact) mass is 509 g/mol. The highest BCUT2D eigenvalue weighted by Gasteiger charge is 2.71. The van der Waals surface area contributed by atoms with Crippen LogP contribution in [0.5, 0.6) is 0 Å². The maximum Gasteiger partial charge on any atom is 0.302 e. The molecule has 4 aliphatic rings. The van der Waals surface area contributed by atoms with Gasteiger partial charge in [0.25, 0.3) is 0 Å². The van der Waals surface area contributed by atoms with Crippen molar-refractivity contribution in [2.45, 2.75) is 129 Å². The molecule has 0 saturated heterocycles. The predicted molar refractivity (Wildman–Crippen MR) is 140 cm³/mol. The summed E-state index contributed by atoms with van der Waals surface area (Å²) in [6.45, 7) is 13.3. The third-order valence-corrected chi connectivity index (χ3v) is 12.4. The van der Waals surface area contributed by atoms with Crippen molar-refractivity contribution < 1.29 is 14.5 Å². The van der Waals surface area contributed by atoms with Crippen LogP contribution in [-0.4, -0.2) is 27.9 Å². The molecule has 4 fully saturated rings. The Balaban J connectivity index is 1.58. The van der Waals surface area contributed by atoms with Crippen LogP contribution in [0.15, 0.2) is 0 Å². The van der Waals surface area contributed by atoms with Gasteiger partial charge < -0.3 is 4.74 Å². The quantitative estimate of drug-likeness (QED) is 0.153. The van der Waals surface area contributed by atoms with Crippen LogP contribution in [0, 0.1) is 56.5 Å². The van der Waals surface area contributed by atoms with Crippen LogP contribution in [0.3, 0.4) is 0 Å². The summed E-state index contributed by atoms with van der Waals surface area (Å²) in [6, 6.07) is -0.779. The zero-order chi connectivity index (χ0) is 25.8. The number of nitro groups is 1. The van der Waals surface area contributed by atoms with Crippen molar-refractivity contribution in [3.05, 3.63) is 10.1 Å². The predicted octanol–water partition coefficient (Wildman–Crippen LogP) is 7.66. The molecule has 0 bridgehead atoms. The van der Waals surface area contributed by atoms with E-state index in [4.69, 9.17) is 16.3 Å². The molecule has 5 nitrogen and oxygen atoms in total. The molecule has 0 amide bonds. The molecule has 4 rings (SSSR count). The highest BCUT2D eigenvalue weighted by Crippen LogP contribution is 2.70. The van der Waals surface area contributed by atoms with Gasteiger partial charge in [-0.1, -0.05) is 53.9 Å². The van der Waals surface area contributed by atoms with Crippen molar-refractivity contribution in [3.8, 4) is 0 Å². The molecule has 10 atom stereocenters. The van der Waals surface area contributed by atoms with Crippen molar-refractivity contribution in [1.29, 1.82) is 0 Å². The van der Waals surface area contributed by atoms with E-state index in [1.54, 1.807) is 0 Å². The Kier molecular flexibility index (Phi) is 7.62. The molecule has 6 heteroatoms. The van der Waals surface area contributed by atoms with Crippen molar-refractivity contribution in [2.75, 3.05) is 0 Å². The molecule has 0 spiro atoms. The summed E-state index contributed by atoms with van der Waals surface area (Å²) in [5, 5.41) is 12.5. The molecule has 0 N–H and O–H groups in total. The summed E-state index contributed by atoms with van der Waals surface area (Å²) in [7, 11) is 0. The number of nitrogens with zero attached hydrogens (tertiary/aromatic N) is 1. The van der Waals surface area contributed by atoms with Crippen molar-refractivity contribution in [2.24, 2.45) is 46.3 Å². The second kappa shape index (κ2) is 9.80. The second-order valence-corrected chi connectivity index (χ2v) is 14.4. The molecule has 0 heterocycles. The first-order valence-electron chi connectivity index (χ1n) is 14.3. The minimum atomic E-state index is -0.952. The largest absolute Gasteiger partial charge is 0.462 e. The summed E-state index contributed by atoms with van der Waals surface area (Å²) in [4.78, 5) is 23.1. The van der Waals surface area contributed by atoms with E-state index in [0.717, 1.165) is 37.0 Å². The molecule has 0 aliphatic heterocycles. The standard InChI is InChI=1S/C29H48ClNO4/c1-18(2)8-7-9-19(3)23-10-11-24-22-16-26(31(33)34)29(30)17-21(35-20(4)32)12-15-28(29,6)25(22)13-14-27(23,24)5/h18-19,21-26H,7-17H2,1-6H3/t19-,21?,22+,23-,24+,25+,26?,27-,28-,29?/m1/s1. The highest BCUT2D eigenvalue weighted by molar-refractivity contribution is 6.25. The first kappa shape index (κ1) is 27.2. The van der Waals surface area contributed by atoms with Gasteiger partial charge in [-0.05, 0) is 84.9 Å². The normalized spacial score (nSPS) is 45.8. The topological polar surface area (TPSA) is 69.4 Å². The van der Waals surface area contributed by atoms with Crippen molar-refractivity contribution in [3.63, 3.8) is 0 Å². The number of hydrogen-bond acceptors (Lipinski definition) is 4. The number of alkyl halides is 1. The van der Waals surface area contributed by atoms with E-state index >= 15 is 0 Å². The number of ether oxygens (including phenoxy) is 1. The summed E-state index contributed by atoms with van der Waals surface area (Å²) in [5.41, 5.74) is -0.00860. The Morgan fingerprint density at radius 2 is 1.80 bits per heavy atom. The Morgan fingerprint density at radius 3 is 2.43 bits per heavy atom. The SMILES string of the molecule is CC(=O)OC1CC[C@]2(C)[C@H]3CC[C@]4(C)[C@@H]([C@H](C)CCCC(C)C)CC[C@H]4[C@@H]3CC([N+](=O)[O-])C2(Cl)C1. The van der Waals surface area contributed by atoms with E-state index in [1.165, 1.54) is 45.4 Å². The first-order valence-corrected chi connectivity index (χ1v) is 14.7. The second-order valence-electron chi connectivity index (χ2n) is 13.7. The molecule has 4 saturated carbocycles. The molecular weight excluding hydrogens is 462 g/mol. The Morgan fingerprint density at radius 1 is 1.09 bits per heavy atom. The first-order chi connectivity index (χ1) is 16.3. The van der Waals surface area contributed by atoms with E-state index < -0.39 is 10.9 Å².